The second-order valence-corrected chi connectivity index (χ2v) is 5.66. The van der Waals surface area contributed by atoms with Gasteiger partial charge in [-0.2, -0.15) is 5.01 Å². The van der Waals surface area contributed by atoms with Crippen LogP contribution in [0.3, 0.4) is 0 Å². The van der Waals surface area contributed by atoms with E-state index in [4.69, 9.17) is 0 Å². The molecule has 2 aromatic rings. The van der Waals surface area contributed by atoms with E-state index in [0.29, 0.717) is 5.92 Å². The molecule has 0 aromatic heterocycles. The summed E-state index contributed by atoms with van der Waals surface area (Å²) < 4.78 is 0. The Morgan fingerprint density at radius 3 is 2.05 bits per heavy atom. The van der Waals surface area contributed by atoms with Crippen LogP contribution in [0.4, 0.5) is 11.4 Å². The number of nitrogens with zero attached hydrogens (tertiary/aromatic N) is 2. The van der Waals surface area contributed by atoms with E-state index in [1.807, 2.05) is 42.5 Å². The summed E-state index contributed by atoms with van der Waals surface area (Å²) in [6, 6.07) is 17.8. The fraction of sp³-hybridized carbons (Fsp3) is 0.333. The predicted octanol–water partition coefficient (Wildman–Crippen LogP) is 5.55. The number of benzene rings is 2. The number of anilines is 2. The van der Waals surface area contributed by atoms with Crippen LogP contribution < -0.4 is 5.01 Å². The highest BCUT2D eigenvalue weighted by molar-refractivity contribution is 5.62. The minimum Gasteiger partial charge on any atom is -0.197 e. The van der Waals surface area contributed by atoms with Crippen LogP contribution in [0, 0.1) is 4.91 Å². The van der Waals surface area contributed by atoms with Crippen LogP contribution in [0.2, 0.25) is 0 Å². The monoisotopic (exact) mass is 280 g/mol. The molecule has 0 heterocycles. The van der Waals surface area contributed by atoms with Gasteiger partial charge in [0.2, 0.25) is 0 Å². The average Bonchev–Trinajstić information content (AvgIpc) is 2.58. The van der Waals surface area contributed by atoms with Crippen LogP contribution in [0.1, 0.15) is 43.6 Å². The van der Waals surface area contributed by atoms with E-state index in [-0.39, 0.29) is 0 Å². The quantitative estimate of drug-likeness (QED) is 0.543. The molecule has 0 bridgehead atoms. The third-order valence-corrected chi connectivity index (χ3v) is 4.30. The Morgan fingerprint density at radius 2 is 1.43 bits per heavy atom. The molecular formula is C18H20N2O. The zero-order chi connectivity index (χ0) is 14.5. The summed E-state index contributed by atoms with van der Waals surface area (Å²) in [7, 11) is 0. The molecule has 21 heavy (non-hydrogen) atoms. The van der Waals surface area contributed by atoms with Crippen LogP contribution in [0.5, 0.6) is 0 Å². The van der Waals surface area contributed by atoms with Crippen LogP contribution >= 0.6 is 0 Å². The maximum Gasteiger partial charge on any atom is 0.0685 e. The van der Waals surface area contributed by atoms with Gasteiger partial charge in [-0.3, -0.25) is 0 Å². The maximum absolute atomic E-state index is 11.2. The van der Waals surface area contributed by atoms with E-state index in [0.717, 1.165) is 11.4 Å². The summed E-state index contributed by atoms with van der Waals surface area (Å²) in [5, 5.41) is 4.59. The number of rotatable bonds is 4. The Hall–Kier alpha value is -2.16. The molecule has 108 valence electrons. The van der Waals surface area contributed by atoms with Crippen LogP contribution in [0.25, 0.3) is 0 Å². The molecule has 0 saturated heterocycles. The molecule has 1 fully saturated rings. The number of nitroso groups, excluding NO2 is 1. The van der Waals surface area contributed by atoms with E-state index in [9.17, 15) is 4.91 Å². The molecule has 0 unspecified atom stereocenters. The third kappa shape index (κ3) is 3.13. The van der Waals surface area contributed by atoms with Crippen molar-refractivity contribution >= 4 is 11.4 Å². The molecule has 0 aliphatic heterocycles. The number of hydrogen-bond acceptors (Lipinski definition) is 2. The van der Waals surface area contributed by atoms with Crippen molar-refractivity contribution < 1.29 is 0 Å². The van der Waals surface area contributed by atoms with Gasteiger partial charge in [-0.1, -0.05) is 49.6 Å². The topological polar surface area (TPSA) is 32.7 Å². The van der Waals surface area contributed by atoms with Crippen LogP contribution in [0.15, 0.2) is 59.9 Å². The van der Waals surface area contributed by atoms with Gasteiger partial charge in [0.05, 0.1) is 16.7 Å². The smallest absolute Gasteiger partial charge is 0.0685 e. The Morgan fingerprint density at radius 1 is 0.810 bits per heavy atom. The molecule has 3 nitrogen and oxygen atoms in total. The minimum absolute atomic E-state index is 0.683. The van der Waals surface area contributed by atoms with Gasteiger partial charge in [0, 0.05) is 0 Å². The molecule has 0 N–H and O–H groups in total. The summed E-state index contributed by atoms with van der Waals surface area (Å²) in [5.74, 6) is 0.683. The van der Waals surface area contributed by atoms with Gasteiger partial charge in [-0.15, -0.1) is 4.91 Å². The van der Waals surface area contributed by atoms with Gasteiger partial charge in [0.1, 0.15) is 0 Å². The molecule has 1 aliphatic carbocycles. The van der Waals surface area contributed by atoms with Crippen molar-refractivity contribution in [3.63, 3.8) is 0 Å². The van der Waals surface area contributed by atoms with E-state index < -0.39 is 0 Å². The highest BCUT2D eigenvalue weighted by Crippen LogP contribution is 2.34. The standard InChI is InChI=1S/C18H20N2O/c21-19-20(17-9-5-2-6-10-17)18-13-11-16(12-14-18)15-7-3-1-4-8-15/h2,5-6,9-15H,1,3-4,7-8H2. The van der Waals surface area contributed by atoms with E-state index in [1.165, 1.54) is 42.7 Å². The first kappa shape index (κ1) is 13.8. The first-order valence-corrected chi connectivity index (χ1v) is 7.67. The molecule has 0 spiro atoms. The van der Waals surface area contributed by atoms with Gasteiger partial charge in [-0.25, -0.2) is 0 Å². The summed E-state index contributed by atoms with van der Waals surface area (Å²) >= 11 is 0. The van der Waals surface area contributed by atoms with Gasteiger partial charge in [-0.05, 0) is 48.6 Å². The van der Waals surface area contributed by atoms with Crippen molar-refractivity contribution in [2.75, 3.05) is 5.01 Å². The summed E-state index contributed by atoms with van der Waals surface area (Å²) in [5.41, 5.74) is 2.99. The average molecular weight is 280 g/mol. The highest BCUT2D eigenvalue weighted by Gasteiger charge is 2.16. The van der Waals surface area contributed by atoms with Gasteiger partial charge < -0.3 is 0 Å². The van der Waals surface area contributed by atoms with Gasteiger partial charge in [0.25, 0.3) is 0 Å². The lowest BCUT2D eigenvalue weighted by Gasteiger charge is -2.22. The summed E-state index contributed by atoms with van der Waals surface area (Å²) in [6.07, 6.45) is 6.60. The lowest BCUT2D eigenvalue weighted by atomic mass is 9.84. The number of hydrogen-bond donors (Lipinski definition) is 0. The fourth-order valence-corrected chi connectivity index (χ4v) is 3.14. The van der Waals surface area contributed by atoms with Crippen molar-refractivity contribution in [1.29, 1.82) is 0 Å². The van der Waals surface area contributed by atoms with Crippen molar-refractivity contribution in [1.82, 2.24) is 0 Å². The zero-order valence-corrected chi connectivity index (χ0v) is 12.1. The SMILES string of the molecule is O=NN(c1ccccc1)c1ccc(C2CCCCC2)cc1. The van der Waals surface area contributed by atoms with E-state index in [1.54, 1.807) is 0 Å². The third-order valence-electron chi connectivity index (χ3n) is 4.30. The Bertz CT molecular complexity index is 574. The van der Waals surface area contributed by atoms with Crippen molar-refractivity contribution in [2.24, 2.45) is 5.29 Å². The van der Waals surface area contributed by atoms with E-state index >= 15 is 0 Å². The van der Waals surface area contributed by atoms with Crippen LogP contribution in [-0.2, 0) is 0 Å². The Labute approximate surface area is 125 Å². The van der Waals surface area contributed by atoms with Crippen LogP contribution in [-0.4, -0.2) is 0 Å². The minimum atomic E-state index is 0.683. The lowest BCUT2D eigenvalue weighted by Crippen LogP contribution is -2.08. The molecule has 0 atom stereocenters. The predicted molar refractivity (Wildman–Crippen MR) is 86.6 cm³/mol. The molecular weight excluding hydrogens is 260 g/mol. The maximum atomic E-state index is 11.2. The molecule has 1 saturated carbocycles. The zero-order valence-electron chi connectivity index (χ0n) is 12.1. The van der Waals surface area contributed by atoms with Crippen molar-refractivity contribution in [3.05, 3.63) is 65.1 Å². The van der Waals surface area contributed by atoms with Crippen molar-refractivity contribution in [2.45, 2.75) is 38.0 Å². The first-order valence-electron chi connectivity index (χ1n) is 7.67. The Kier molecular flexibility index (Phi) is 4.29. The second-order valence-electron chi connectivity index (χ2n) is 5.66. The lowest BCUT2D eigenvalue weighted by molar-refractivity contribution is 0.443. The Balaban J connectivity index is 1.80. The van der Waals surface area contributed by atoms with E-state index in [2.05, 4.69) is 17.4 Å². The fourth-order valence-electron chi connectivity index (χ4n) is 3.14. The number of para-hydroxylation sites is 1. The van der Waals surface area contributed by atoms with Gasteiger partial charge in [0.15, 0.2) is 0 Å². The molecule has 1 aliphatic rings. The summed E-state index contributed by atoms with van der Waals surface area (Å²) in [6.45, 7) is 0. The first-order chi connectivity index (χ1) is 10.4. The molecule has 2 aromatic carbocycles. The highest BCUT2D eigenvalue weighted by atomic mass is 16.3. The largest absolute Gasteiger partial charge is 0.197 e. The van der Waals surface area contributed by atoms with Gasteiger partial charge >= 0.3 is 0 Å². The molecule has 3 heteroatoms. The molecule has 0 radical (unpaired) electrons. The summed E-state index contributed by atoms with van der Waals surface area (Å²) in [4.78, 5) is 11.2. The molecule has 0 amide bonds. The molecule has 3 rings (SSSR count). The normalized spacial score (nSPS) is 15.6. The second kappa shape index (κ2) is 6.53. The van der Waals surface area contributed by atoms with Crippen molar-refractivity contribution in [3.8, 4) is 0 Å².